The van der Waals surface area contributed by atoms with E-state index in [4.69, 9.17) is 9.47 Å². The van der Waals surface area contributed by atoms with Gasteiger partial charge in [0.2, 0.25) is 0 Å². The van der Waals surface area contributed by atoms with E-state index in [9.17, 15) is 14.7 Å². The molecule has 6 heteroatoms. The summed E-state index contributed by atoms with van der Waals surface area (Å²) in [5.41, 5.74) is 1.21. The van der Waals surface area contributed by atoms with E-state index in [-0.39, 0.29) is 11.3 Å². The van der Waals surface area contributed by atoms with E-state index in [1.165, 1.54) is 4.90 Å². The average Bonchev–Trinajstić information content (AvgIpc) is 2.91. The Labute approximate surface area is 151 Å². The molecule has 3 rings (SSSR count). The van der Waals surface area contributed by atoms with Crippen molar-refractivity contribution in [3.8, 4) is 11.5 Å². The van der Waals surface area contributed by atoms with Gasteiger partial charge in [-0.3, -0.25) is 9.59 Å². The zero-order valence-electron chi connectivity index (χ0n) is 14.7. The fourth-order valence-corrected chi connectivity index (χ4v) is 3.03. The number of ether oxygens (including phenoxy) is 2. The fourth-order valence-electron chi connectivity index (χ4n) is 3.03. The van der Waals surface area contributed by atoms with Gasteiger partial charge >= 0.3 is 0 Å². The minimum Gasteiger partial charge on any atom is -0.507 e. The third kappa shape index (κ3) is 2.90. The van der Waals surface area contributed by atoms with E-state index < -0.39 is 17.7 Å². The molecule has 2 aromatic rings. The predicted molar refractivity (Wildman–Crippen MR) is 96.1 cm³/mol. The Kier molecular flexibility index (Phi) is 4.67. The van der Waals surface area contributed by atoms with Crippen LogP contribution in [-0.2, 0) is 9.59 Å². The number of carbonyl (C=O) groups is 2. The first-order valence-corrected chi connectivity index (χ1v) is 8.01. The van der Waals surface area contributed by atoms with Gasteiger partial charge in [-0.2, -0.15) is 0 Å². The van der Waals surface area contributed by atoms with Crippen molar-refractivity contribution < 1.29 is 24.2 Å². The average molecular weight is 353 g/mol. The van der Waals surface area contributed by atoms with Crippen LogP contribution in [0.5, 0.6) is 11.5 Å². The van der Waals surface area contributed by atoms with E-state index in [0.29, 0.717) is 22.6 Å². The molecule has 0 aliphatic carbocycles. The van der Waals surface area contributed by atoms with Crippen LogP contribution in [0.15, 0.2) is 54.1 Å². The highest BCUT2D eigenvalue weighted by Crippen LogP contribution is 2.38. The number of rotatable bonds is 4. The maximum absolute atomic E-state index is 12.5. The summed E-state index contributed by atoms with van der Waals surface area (Å²) in [6.45, 7) is 0. The molecule has 0 saturated carbocycles. The Morgan fingerprint density at radius 1 is 0.923 bits per heavy atom. The molecule has 1 saturated heterocycles. The molecule has 1 aliphatic rings. The van der Waals surface area contributed by atoms with Crippen LogP contribution in [0, 0.1) is 0 Å². The second-order valence-corrected chi connectivity index (χ2v) is 5.91. The van der Waals surface area contributed by atoms with E-state index in [1.807, 2.05) is 0 Å². The lowest BCUT2D eigenvalue weighted by atomic mass is 9.95. The molecule has 1 fully saturated rings. The molecule has 1 atom stereocenters. The number of carbonyl (C=O) groups excluding carboxylic acids is 2. The van der Waals surface area contributed by atoms with E-state index >= 15 is 0 Å². The normalized spacial score (nSPS) is 18.9. The highest BCUT2D eigenvalue weighted by Gasteiger charge is 2.44. The van der Waals surface area contributed by atoms with Crippen LogP contribution in [0.1, 0.15) is 17.2 Å². The van der Waals surface area contributed by atoms with Crippen molar-refractivity contribution in [3.63, 3.8) is 0 Å². The van der Waals surface area contributed by atoms with Gasteiger partial charge in [0, 0.05) is 12.6 Å². The molecule has 0 aromatic heterocycles. The van der Waals surface area contributed by atoms with Crippen LogP contribution in [0.25, 0.3) is 5.76 Å². The maximum Gasteiger partial charge on any atom is 0.295 e. The monoisotopic (exact) mass is 353 g/mol. The van der Waals surface area contributed by atoms with Crippen molar-refractivity contribution in [3.05, 3.63) is 65.2 Å². The zero-order valence-corrected chi connectivity index (χ0v) is 14.7. The number of benzene rings is 2. The van der Waals surface area contributed by atoms with E-state index in [1.54, 1.807) is 69.8 Å². The van der Waals surface area contributed by atoms with Crippen molar-refractivity contribution in [1.29, 1.82) is 0 Å². The van der Waals surface area contributed by atoms with Crippen LogP contribution in [-0.4, -0.2) is 43.0 Å². The molecular formula is C20H19NO5. The molecule has 1 unspecified atom stereocenters. The molecule has 1 aliphatic heterocycles. The number of likely N-dealkylation sites (N-methyl/N-ethyl adjacent to an activating group) is 1. The standard InChI is InChI=1S/C20H19NO5/c1-21-17(12-4-8-14(25-2)9-5-12)16(19(23)20(21)24)18(22)13-6-10-15(26-3)11-7-13/h4-11,17,22H,1-3H3/b18-16+. The second-order valence-electron chi connectivity index (χ2n) is 5.91. The lowest BCUT2D eigenvalue weighted by Crippen LogP contribution is -2.24. The number of Topliss-reactive ketones (excluding diaryl/α,β-unsaturated/α-hetero) is 1. The molecule has 6 nitrogen and oxygen atoms in total. The Hall–Kier alpha value is -3.28. The molecule has 26 heavy (non-hydrogen) atoms. The van der Waals surface area contributed by atoms with Crippen LogP contribution in [0.4, 0.5) is 0 Å². The van der Waals surface area contributed by atoms with E-state index in [0.717, 1.165) is 0 Å². The first-order chi connectivity index (χ1) is 12.5. The van der Waals surface area contributed by atoms with Gasteiger partial charge in [-0.1, -0.05) is 12.1 Å². The van der Waals surface area contributed by atoms with Gasteiger partial charge in [0.25, 0.3) is 11.7 Å². The predicted octanol–water partition coefficient (Wildman–Crippen LogP) is 2.76. The van der Waals surface area contributed by atoms with Crippen molar-refractivity contribution in [2.75, 3.05) is 21.3 Å². The largest absolute Gasteiger partial charge is 0.507 e. The van der Waals surface area contributed by atoms with Crippen molar-refractivity contribution in [2.24, 2.45) is 0 Å². The summed E-state index contributed by atoms with van der Waals surface area (Å²) < 4.78 is 10.2. The van der Waals surface area contributed by atoms with Gasteiger partial charge in [-0.15, -0.1) is 0 Å². The number of nitrogens with zero attached hydrogens (tertiary/aromatic N) is 1. The van der Waals surface area contributed by atoms with Crippen molar-refractivity contribution in [1.82, 2.24) is 4.90 Å². The molecule has 0 bridgehead atoms. The van der Waals surface area contributed by atoms with Crippen LogP contribution >= 0.6 is 0 Å². The third-order valence-corrected chi connectivity index (χ3v) is 4.47. The first-order valence-electron chi connectivity index (χ1n) is 8.01. The van der Waals surface area contributed by atoms with Crippen LogP contribution in [0.3, 0.4) is 0 Å². The lowest BCUT2D eigenvalue weighted by Gasteiger charge is -2.21. The number of amides is 1. The highest BCUT2D eigenvalue weighted by atomic mass is 16.5. The molecule has 1 amide bonds. The quantitative estimate of drug-likeness (QED) is 0.520. The fraction of sp³-hybridized carbons (Fsp3) is 0.200. The molecule has 1 N–H and O–H groups in total. The number of ketones is 1. The summed E-state index contributed by atoms with van der Waals surface area (Å²) in [6.07, 6.45) is 0. The minimum atomic E-state index is -0.707. The smallest absolute Gasteiger partial charge is 0.295 e. The molecule has 134 valence electrons. The number of likely N-dealkylation sites (tertiary alicyclic amines) is 1. The van der Waals surface area contributed by atoms with Crippen LogP contribution < -0.4 is 9.47 Å². The molecule has 2 aromatic carbocycles. The van der Waals surface area contributed by atoms with Gasteiger partial charge in [0.1, 0.15) is 17.3 Å². The van der Waals surface area contributed by atoms with E-state index in [2.05, 4.69) is 0 Å². The number of aliphatic hydroxyl groups excluding tert-OH is 1. The maximum atomic E-state index is 12.5. The third-order valence-electron chi connectivity index (χ3n) is 4.47. The second kappa shape index (κ2) is 6.92. The summed E-state index contributed by atoms with van der Waals surface area (Å²) in [5.74, 6) is -0.278. The minimum absolute atomic E-state index is 0.0628. The summed E-state index contributed by atoms with van der Waals surface area (Å²) in [4.78, 5) is 26.1. The summed E-state index contributed by atoms with van der Waals surface area (Å²) >= 11 is 0. The molecule has 0 radical (unpaired) electrons. The number of methoxy groups -OCH3 is 2. The van der Waals surface area contributed by atoms with Crippen molar-refractivity contribution in [2.45, 2.75) is 6.04 Å². The number of hydrogen-bond acceptors (Lipinski definition) is 5. The van der Waals surface area contributed by atoms with Gasteiger partial charge in [-0.25, -0.2) is 0 Å². The summed E-state index contributed by atoms with van der Waals surface area (Å²) in [5, 5.41) is 10.7. The SMILES string of the molecule is COc1ccc(/C(O)=C2\C(=O)C(=O)N(C)C2c2ccc(OC)cc2)cc1. The Morgan fingerprint density at radius 2 is 1.42 bits per heavy atom. The number of hydrogen-bond donors (Lipinski definition) is 1. The highest BCUT2D eigenvalue weighted by molar-refractivity contribution is 6.46. The molecular weight excluding hydrogens is 334 g/mol. The van der Waals surface area contributed by atoms with Gasteiger partial charge in [-0.05, 0) is 42.0 Å². The topological polar surface area (TPSA) is 76.1 Å². The zero-order chi connectivity index (χ0) is 18.8. The molecule has 0 spiro atoms. The Bertz CT molecular complexity index is 868. The lowest BCUT2D eigenvalue weighted by molar-refractivity contribution is -0.139. The van der Waals surface area contributed by atoms with Crippen molar-refractivity contribution >= 4 is 17.4 Å². The van der Waals surface area contributed by atoms with Gasteiger partial charge in [0.15, 0.2) is 0 Å². The Balaban J connectivity index is 2.10. The summed E-state index contributed by atoms with van der Waals surface area (Å²) in [7, 11) is 4.65. The summed E-state index contributed by atoms with van der Waals surface area (Å²) in [6, 6.07) is 13.0. The van der Waals surface area contributed by atoms with Gasteiger partial charge < -0.3 is 19.5 Å². The van der Waals surface area contributed by atoms with Gasteiger partial charge in [0.05, 0.1) is 25.8 Å². The number of aliphatic hydroxyl groups is 1. The first kappa shape index (κ1) is 17.5. The van der Waals surface area contributed by atoms with Crippen LogP contribution in [0.2, 0.25) is 0 Å². The molecule has 1 heterocycles. The Morgan fingerprint density at radius 3 is 1.92 bits per heavy atom.